The maximum Gasteiger partial charge on any atom is 0.336 e. The molecule has 0 saturated carbocycles. The SMILES string of the molecule is C[C@H](N)c1cc(C(=O)O)cs1. The third kappa shape index (κ3) is 1.78. The molecule has 0 aliphatic rings. The molecule has 0 fully saturated rings. The highest BCUT2D eigenvalue weighted by Gasteiger charge is 2.08. The van der Waals surface area contributed by atoms with Crippen LogP contribution in [0, 0.1) is 0 Å². The van der Waals surface area contributed by atoms with Gasteiger partial charge >= 0.3 is 5.97 Å². The minimum atomic E-state index is -0.895. The molecule has 1 rings (SSSR count). The summed E-state index contributed by atoms with van der Waals surface area (Å²) in [6, 6.07) is 1.53. The number of nitrogens with two attached hydrogens (primary N) is 1. The summed E-state index contributed by atoms with van der Waals surface area (Å²) in [6.07, 6.45) is 0. The highest BCUT2D eigenvalue weighted by Crippen LogP contribution is 2.19. The summed E-state index contributed by atoms with van der Waals surface area (Å²) in [4.78, 5) is 11.3. The monoisotopic (exact) mass is 171 g/mol. The van der Waals surface area contributed by atoms with Crippen molar-refractivity contribution in [3.05, 3.63) is 21.9 Å². The lowest BCUT2D eigenvalue weighted by Gasteiger charge is -1.96. The van der Waals surface area contributed by atoms with Gasteiger partial charge in [-0.15, -0.1) is 11.3 Å². The normalized spacial score (nSPS) is 12.9. The van der Waals surface area contributed by atoms with Crippen LogP contribution in [0.5, 0.6) is 0 Å². The Bertz CT molecular complexity index is 267. The minimum absolute atomic E-state index is 0.0758. The van der Waals surface area contributed by atoms with Gasteiger partial charge in [0.05, 0.1) is 5.56 Å². The van der Waals surface area contributed by atoms with Crippen LogP contribution in [0.4, 0.5) is 0 Å². The van der Waals surface area contributed by atoms with Gasteiger partial charge in [0.25, 0.3) is 0 Å². The fourth-order valence-electron chi connectivity index (χ4n) is 0.704. The zero-order valence-electron chi connectivity index (χ0n) is 6.07. The Kier molecular flexibility index (Phi) is 2.26. The largest absolute Gasteiger partial charge is 0.478 e. The maximum absolute atomic E-state index is 10.4. The minimum Gasteiger partial charge on any atom is -0.478 e. The zero-order valence-corrected chi connectivity index (χ0v) is 6.89. The van der Waals surface area contributed by atoms with Crippen LogP contribution in [0.2, 0.25) is 0 Å². The van der Waals surface area contributed by atoms with Crippen LogP contribution in [-0.4, -0.2) is 11.1 Å². The van der Waals surface area contributed by atoms with Crippen molar-refractivity contribution >= 4 is 17.3 Å². The van der Waals surface area contributed by atoms with Gasteiger partial charge < -0.3 is 10.8 Å². The first kappa shape index (κ1) is 8.23. The van der Waals surface area contributed by atoms with Crippen molar-refractivity contribution in [3.63, 3.8) is 0 Å². The smallest absolute Gasteiger partial charge is 0.336 e. The van der Waals surface area contributed by atoms with E-state index in [1.165, 1.54) is 11.3 Å². The van der Waals surface area contributed by atoms with E-state index in [0.29, 0.717) is 5.56 Å². The quantitative estimate of drug-likeness (QED) is 0.708. The number of aromatic carboxylic acids is 1. The van der Waals surface area contributed by atoms with Crippen molar-refractivity contribution in [3.8, 4) is 0 Å². The van der Waals surface area contributed by atoms with Crippen LogP contribution >= 0.6 is 11.3 Å². The van der Waals surface area contributed by atoms with E-state index in [1.54, 1.807) is 11.4 Å². The number of thiophene rings is 1. The summed E-state index contributed by atoms with van der Waals surface area (Å²) < 4.78 is 0. The van der Waals surface area contributed by atoms with Gasteiger partial charge in [0, 0.05) is 16.3 Å². The Labute approximate surface area is 68.5 Å². The summed E-state index contributed by atoms with van der Waals surface area (Å²) in [5.41, 5.74) is 5.87. The van der Waals surface area contributed by atoms with Crippen LogP contribution in [0.15, 0.2) is 11.4 Å². The predicted octanol–water partition coefficient (Wildman–Crippen LogP) is 1.47. The van der Waals surface area contributed by atoms with E-state index < -0.39 is 5.97 Å². The lowest BCUT2D eigenvalue weighted by Crippen LogP contribution is -2.02. The molecule has 11 heavy (non-hydrogen) atoms. The molecule has 0 spiro atoms. The first-order valence-electron chi connectivity index (χ1n) is 3.18. The van der Waals surface area contributed by atoms with E-state index >= 15 is 0 Å². The Morgan fingerprint density at radius 2 is 2.45 bits per heavy atom. The molecule has 0 aliphatic carbocycles. The van der Waals surface area contributed by atoms with Crippen LogP contribution in [0.25, 0.3) is 0 Å². The van der Waals surface area contributed by atoms with Gasteiger partial charge in [0.2, 0.25) is 0 Å². The van der Waals surface area contributed by atoms with Gasteiger partial charge in [-0.1, -0.05) is 0 Å². The van der Waals surface area contributed by atoms with Crippen LogP contribution < -0.4 is 5.73 Å². The van der Waals surface area contributed by atoms with E-state index in [4.69, 9.17) is 10.8 Å². The average Bonchev–Trinajstić information content (AvgIpc) is 2.33. The molecule has 3 N–H and O–H groups in total. The predicted molar refractivity (Wildman–Crippen MR) is 43.9 cm³/mol. The molecular formula is C7H9NO2S. The fraction of sp³-hybridized carbons (Fsp3) is 0.286. The summed E-state index contributed by atoms with van der Waals surface area (Å²) in [6.45, 7) is 1.83. The molecule has 0 saturated heterocycles. The van der Waals surface area contributed by atoms with Crippen LogP contribution in [0.3, 0.4) is 0 Å². The number of hydrogen-bond acceptors (Lipinski definition) is 3. The molecule has 3 nitrogen and oxygen atoms in total. The number of carbonyl (C=O) groups is 1. The second kappa shape index (κ2) is 3.02. The van der Waals surface area contributed by atoms with Gasteiger partial charge in [0.1, 0.15) is 0 Å². The van der Waals surface area contributed by atoms with Gasteiger partial charge in [-0.05, 0) is 13.0 Å². The number of rotatable bonds is 2. The summed E-state index contributed by atoms with van der Waals surface area (Å²) in [5.74, 6) is -0.895. The molecule has 0 aromatic carbocycles. The molecule has 0 aliphatic heterocycles. The third-order valence-electron chi connectivity index (χ3n) is 1.32. The van der Waals surface area contributed by atoms with Crippen molar-refractivity contribution in [1.82, 2.24) is 0 Å². The van der Waals surface area contributed by atoms with Gasteiger partial charge in [-0.3, -0.25) is 0 Å². The molecule has 0 bridgehead atoms. The topological polar surface area (TPSA) is 63.3 Å². The lowest BCUT2D eigenvalue weighted by molar-refractivity contribution is 0.0697. The van der Waals surface area contributed by atoms with Crippen molar-refractivity contribution in [2.24, 2.45) is 5.73 Å². The first-order valence-corrected chi connectivity index (χ1v) is 4.06. The summed E-state index contributed by atoms with van der Waals surface area (Å²) >= 11 is 1.38. The molecule has 1 aromatic heterocycles. The van der Waals surface area contributed by atoms with Crippen LogP contribution in [-0.2, 0) is 0 Å². The second-order valence-corrected chi connectivity index (χ2v) is 3.27. The fourth-order valence-corrected chi connectivity index (χ4v) is 1.55. The molecule has 60 valence electrons. The van der Waals surface area contributed by atoms with E-state index in [2.05, 4.69) is 0 Å². The summed E-state index contributed by atoms with van der Waals surface area (Å²) in [5, 5.41) is 10.1. The van der Waals surface area contributed by atoms with Crippen molar-refractivity contribution in [2.75, 3.05) is 0 Å². The molecule has 1 aromatic rings. The molecule has 0 amide bonds. The third-order valence-corrected chi connectivity index (χ3v) is 2.45. The highest BCUT2D eigenvalue weighted by molar-refractivity contribution is 7.10. The van der Waals surface area contributed by atoms with E-state index in [1.807, 2.05) is 6.92 Å². The maximum atomic E-state index is 10.4. The molecule has 1 heterocycles. The Balaban J connectivity index is 2.90. The lowest BCUT2D eigenvalue weighted by atomic mass is 10.2. The molecular weight excluding hydrogens is 162 g/mol. The molecule has 4 heteroatoms. The van der Waals surface area contributed by atoms with E-state index in [-0.39, 0.29) is 6.04 Å². The Hall–Kier alpha value is -0.870. The van der Waals surface area contributed by atoms with E-state index in [0.717, 1.165) is 4.88 Å². The zero-order chi connectivity index (χ0) is 8.43. The molecule has 0 radical (unpaired) electrons. The number of carboxylic acids is 1. The number of carboxylic acid groups (broad SMARTS) is 1. The van der Waals surface area contributed by atoms with Crippen LogP contribution in [0.1, 0.15) is 28.2 Å². The molecule has 0 unspecified atom stereocenters. The Morgan fingerprint density at radius 1 is 1.82 bits per heavy atom. The van der Waals surface area contributed by atoms with Gasteiger partial charge in [-0.2, -0.15) is 0 Å². The first-order chi connectivity index (χ1) is 5.11. The Morgan fingerprint density at radius 3 is 2.73 bits per heavy atom. The standard InChI is InChI=1S/C7H9NO2S/c1-4(8)6-2-5(3-11-6)7(9)10/h2-4H,8H2,1H3,(H,9,10)/t4-/m0/s1. The highest BCUT2D eigenvalue weighted by atomic mass is 32.1. The van der Waals surface area contributed by atoms with E-state index in [9.17, 15) is 4.79 Å². The molecule has 1 atom stereocenters. The number of hydrogen-bond donors (Lipinski definition) is 2. The van der Waals surface area contributed by atoms with Gasteiger partial charge in [-0.25, -0.2) is 4.79 Å². The van der Waals surface area contributed by atoms with Gasteiger partial charge in [0.15, 0.2) is 0 Å². The second-order valence-electron chi connectivity index (χ2n) is 2.33. The average molecular weight is 171 g/mol. The van der Waals surface area contributed by atoms with Crippen molar-refractivity contribution < 1.29 is 9.90 Å². The summed E-state index contributed by atoms with van der Waals surface area (Å²) in [7, 11) is 0. The van der Waals surface area contributed by atoms with Crippen molar-refractivity contribution in [1.29, 1.82) is 0 Å². The van der Waals surface area contributed by atoms with Crippen molar-refractivity contribution in [2.45, 2.75) is 13.0 Å².